The number of hydrogen-bond acceptors (Lipinski definition) is 3. The van der Waals surface area contributed by atoms with Crippen LogP contribution in [0.1, 0.15) is 24.8 Å². The van der Waals surface area contributed by atoms with Crippen molar-refractivity contribution in [3.8, 4) is 0 Å². The number of sulfone groups is 1. The number of carbonyl (C=O) groups is 1. The number of carbonyl (C=O) groups excluding carboxylic acids is 1. The Kier molecular flexibility index (Phi) is 3.31. The molecule has 1 saturated heterocycles. The maximum absolute atomic E-state index is 13.0. The molecular formula is C15H18FNO3S. The van der Waals surface area contributed by atoms with E-state index >= 15 is 0 Å². The largest absolute Gasteiger partial charge is 0.341 e. The highest BCUT2D eigenvalue weighted by Crippen LogP contribution is 2.49. The molecule has 2 fully saturated rings. The highest BCUT2D eigenvalue weighted by molar-refractivity contribution is 7.91. The summed E-state index contributed by atoms with van der Waals surface area (Å²) in [5.41, 5.74) is 0.246. The van der Waals surface area contributed by atoms with Crippen molar-refractivity contribution in [1.82, 2.24) is 4.90 Å². The molecule has 0 radical (unpaired) electrons. The number of benzene rings is 1. The normalized spacial score (nSPS) is 25.5. The molecule has 6 heteroatoms. The Morgan fingerprint density at radius 2 is 1.90 bits per heavy atom. The molecule has 1 saturated carbocycles. The predicted octanol–water partition coefficient (Wildman–Crippen LogP) is 1.50. The molecule has 1 unspecified atom stereocenters. The van der Waals surface area contributed by atoms with Gasteiger partial charge in [-0.15, -0.1) is 0 Å². The standard InChI is InChI=1S/C15H18FNO3S/c1-17(13-6-9-21(19,20)10-13)14(18)15(7-8-15)11-2-4-12(16)5-3-11/h2-5,13H,6-10H2,1H3. The Morgan fingerprint density at radius 1 is 1.29 bits per heavy atom. The van der Waals surface area contributed by atoms with Gasteiger partial charge in [-0.1, -0.05) is 12.1 Å². The molecule has 1 aromatic rings. The van der Waals surface area contributed by atoms with Gasteiger partial charge in [0.15, 0.2) is 9.84 Å². The molecule has 0 bridgehead atoms. The predicted molar refractivity (Wildman–Crippen MR) is 77.1 cm³/mol. The van der Waals surface area contributed by atoms with E-state index in [1.165, 1.54) is 12.1 Å². The summed E-state index contributed by atoms with van der Waals surface area (Å²) in [6, 6.07) is 5.80. The van der Waals surface area contributed by atoms with Crippen LogP contribution in [-0.2, 0) is 20.0 Å². The smallest absolute Gasteiger partial charge is 0.233 e. The number of halogens is 1. The van der Waals surface area contributed by atoms with Gasteiger partial charge < -0.3 is 4.90 Å². The summed E-state index contributed by atoms with van der Waals surface area (Å²) in [6.45, 7) is 0. The van der Waals surface area contributed by atoms with Crippen LogP contribution in [-0.4, -0.2) is 43.8 Å². The molecule has 21 heavy (non-hydrogen) atoms. The summed E-state index contributed by atoms with van der Waals surface area (Å²) in [4.78, 5) is 14.3. The third-order valence-corrected chi connectivity index (χ3v) is 6.38. The van der Waals surface area contributed by atoms with E-state index in [4.69, 9.17) is 0 Å². The van der Waals surface area contributed by atoms with Crippen molar-refractivity contribution >= 4 is 15.7 Å². The maximum atomic E-state index is 13.0. The van der Waals surface area contributed by atoms with Gasteiger partial charge in [0.05, 0.1) is 16.9 Å². The zero-order valence-corrected chi connectivity index (χ0v) is 12.7. The van der Waals surface area contributed by atoms with E-state index in [0.717, 1.165) is 18.4 Å². The van der Waals surface area contributed by atoms with Crippen molar-refractivity contribution in [2.24, 2.45) is 0 Å². The maximum Gasteiger partial charge on any atom is 0.233 e. The average molecular weight is 311 g/mol. The van der Waals surface area contributed by atoms with Gasteiger partial charge in [0.2, 0.25) is 5.91 Å². The Hall–Kier alpha value is -1.43. The third kappa shape index (κ3) is 2.57. The van der Waals surface area contributed by atoms with Crippen molar-refractivity contribution in [3.63, 3.8) is 0 Å². The summed E-state index contributed by atoms with van der Waals surface area (Å²) in [5, 5.41) is 0. The van der Waals surface area contributed by atoms with E-state index in [-0.39, 0.29) is 29.3 Å². The van der Waals surface area contributed by atoms with Crippen molar-refractivity contribution in [2.75, 3.05) is 18.6 Å². The monoisotopic (exact) mass is 311 g/mol. The number of nitrogens with zero attached hydrogens (tertiary/aromatic N) is 1. The molecule has 1 heterocycles. The van der Waals surface area contributed by atoms with Gasteiger partial charge >= 0.3 is 0 Å². The van der Waals surface area contributed by atoms with E-state index in [0.29, 0.717) is 6.42 Å². The van der Waals surface area contributed by atoms with Crippen LogP contribution < -0.4 is 0 Å². The topological polar surface area (TPSA) is 54.5 Å². The van der Waals surface area contributed by atoms with Crippen molar-refractivity contribution in [2.45, 2.75) is 30.7 Å². The minimum absolute atomic E-state index is 0.0452. The lowest BCUT2D eigenvalue weighted by Crippen LogP contribution is -2.43. The SMILES string of the molecule is CN(C(=O)C1(c2ccc(F)cc2)CC1)C1CCS(=O)(=O)C1. The molecule has 3 rings (SSSR count). The fraction of sp³-hybridized carbons (Fsp3) is 0.533. The van der Waals surface area contributed by atoms with E-state index in [2.05, 4.69) is 0 Å². The Bertz CT molecular complexity index is 665. The number of rotatable bonds is 3. The van der Waals surface area contributed by atoms with Crippen LogP contribution in [0.2, 0.25) is 0 Å². The van der Waals surface area contributed by atoms with Gasteiger partial charge in [0, 0.05) is 13.1 Å². The molecule has 1 aromatic carbocycles. The highest BCUT2D eigenvalue weighted by Gasteiger charge is 2.53. The molecule has 114 valence electrons. The Balaban J connectivity index is 1.80. The van der Waals surface area contributed by atoms with Gasteiger partial charge in [0.25, 0.3) is 0 Å². The van der Waals surface area contributed by atoms with E-state index < -0.39 is 15.3 Å². The molecule has 0 spiro atoms. The van der Waals surface area contributed by atoms with Gasteiger partial charge in [-0.25, -0.2) is 12.8 Å². The van der Waals surface area contributed by atoms with Gasteiger partial charge in [-0.2, -0.15) is 0 Å². The highest BCUT2D eigenvalue weighted by atomic mass is 32.2. The lowest BCUT2D eigenvalue weighted by atomic mass is 9.94. The third-order valence-electron chi connectivity index (χ3n) is 4.63. The first-order valence-electron chi connectivity index (χ1n) is 7.08. The Morgan fingerprint density at radius 3 is 2.38 bits per heavy atom. The van der Waals surface area contributed by atoms with Gasteiger partial charge in [-0.05, 0) is 37.0 Å². The fourth-order valence-electron chi connectivity index (χ4n) is 3.10. The number of hydrogen-bond donors (Lipinski definition) is 0. The van der Waals surface area contributed by atoms with Gasteiger partial charge in [-0.3, -0.25) is 4.79 Å². The van der Waals surface area contributed by atoms with E-state index in [1.54, 1.807) is 24.1 Å². The molecular weight excluding hydrogens is 293 g/mol. The van der Waals surface area contributed by atoms with Crippen molar-refractivity contribution in [3.05, 3.63) is 35.6 Å². The van der Waals surface area contributed by atoms with E-state index in [9.17, 15) is 17.6 Å². The molecule has 0 aromatic heterocycles. The van der Waals surface area contributed by atoms with Crippen LogP contribution in [0.15, 0.2) is 24.3 Å². The average Bonchev–Trinajstić information content (AvgIpc) is 3.17. The summed E-state index contributed by atoms with van der Waals surface area (Å²) in [6.07, 6.45) is 1.98. The zero-order chi connectivity index (χ0) is 15.3. The first-order chi connectivity index (χ1) is 9.84. The minimum atomic E-state index is -3.01. The second-order valence-electron chi connectivity index (χ2n) is 6.06. The van der Waals surface area contributed by atoms with Crippen LogP contribution in [0.25, 0.3) is 0 Å². The minimum Gasteiger partial charge on any atom is -0.341 e. The van der Waals surface area contributed by atoms with Crippen LogP contribution >= 0.6 is 0 Å². The zero-order valence-electron chi connectivity index (χ0n) is 11.9. The molecule has 1 amide bonds. The van der Waals surface area contributed by atoms with E-state index in [1.807, 2.05) is 0 Å². The van der Waals surface area contributed by atoms with Crippen molar-refractivity contribution in [1.29, 1.82) is 0 Å². The first-order valence-corrected chi connectivity index (χ1v) is 8.90. The van der Waals surface area contributed by atoms with Crippen LogP contribution in [0.5, 0.6) is 0 Å². The number of amides is 1. The molecule has 1 atom stereocenters. The van der Waals surface area contributed by atoms with Crippen molar-refractivity contribution < 1.29 is 17.6 Å². The lowest BCUT2D eigenvalue weighted by Gasteiger charge is -2.28. The quantitative estimate of drug-likeness (QED) is 0.850. The summed E-state index contributed by atoms with van der Waals surface area (Å²) in [7, 11) is -1.33. The van der Waals surface area contributed by atoms with Gasteiger partial charge in [0.1, 0.15) is 5.82 Å². The summed E-state index contributed by atoms with van der Waals surface area (Å²) < 4.78 is 36.1. The molecule has 2 aliphatic rings. The van der Waals surface area contributed by atoms with Crippen LogP contribution in [0.4, 0.5) is 4.39 Å². The molecule has 1 aliphatic heterocycles. The number of likely N-dealkylation sites (N-methyl/N-ethyl adjacent to an activating group) is 1. The molecule has 1 aliphatic carbocycles. The summed E-state index contributed by atoms with van der Waals surface area (Å²) in [5.74, 6) is -0.165. The molecule has 4 nitrogen and oxygen atoms in total. The lowest BCUT2D eigenvalue weighted by molar-refractivity contribution is -0.134. The van der Waals surface area contributed by atoms with Crippen LogP contribution in [0, 0.1) is 5.82 Å². The molecule has 0 N–H and O–H groups in total. The second-order valence-corrected chi connectivity index (χ2v) is 8.29. The first kappa shape index (κ1) is 14.5. The van der Waals surface area contributed by atoms with Crippen LogP contribution in [0.3, 0.4) is 0 Å². The fourth-order valence-corrected chi connectivity index (χ4v) is 4.88. The second kappa shape index (κ2) is 4.80. The Labute approximate surface area is 123 Å². The summed E-state index contributed by atoms with van der Waals surface area (Å²) >= 11 is 0.